The molecule has 0 amide bonds. The normalized spacial score (nSPS) is 16.0. The van der Waals surface area contributed by atoms with Crippen molar-refractivity contribution >= 4 is 22.9 Å². The molecular weight excluding hydrogens is 204 g/mol. The number of rotatable bonds is 0. The monoisotopic (exact) mass is 218 g/mol. The van der Waals surface area contributed by atoms with Gasteiger partial charge in [0.05, 0.1) is 0 Å². The van der Waals surface area contributed by atoms with Gasteiger partial charge in [0.1, 0.15) is 5.82 Å². The second-order valence-corrected chi connectivity index (χ2v) is 4.13. The van der Waals surface area contributed by atoms with Gasteiger partial charge in [0.2, 0.25) is 5.95 Å². The number of hydrogen-bond acceptors (Lipinski definition) is 5. The summed E-state index contributed by atoms with van der Waals surface area (Å²) >= 11 is 0. The van der Waals surface area contributed by atoms with Gasteiger partial charge in [-0.1, -0.05) is 6.42 Å². The van der Waals surface area contributed by atoms with Crippen molar-refractivity contribution in [3.05, 3.63) is 5.82 Å². The number of imidazole rings is 1. The lowest BCUT2D eigenvalue weighted by Gasteiger charge is -2.03. The predicted molar refractivity (Wildman–Crippen MR) is 61.7 cm³/mol. The third-order valence-corrected chi connectivity index (χ3v) is 3.00. The van der Waals surface area contributed by atoms with E-state index in [1.54, 1.807) is 0 Å². The van der Waals surface area contributed by atoms with Gasteiger partial charge < -0.3 is 16.0 Å². The smallest absolute Gasteiger partial charge is 0.224 e. The summed E-state index contributed by atoms with van der Waals surface area (Å²) in [7, 11) is 0. The molecule has 0 fully saturated rings. The maximum Gasteiger partial charge on any atom is 0.224 e. The molecule has 6 nitrogen and oxygen atoms in total. The van der Waals surface area contributed by atoms with Crippen LogP contribution in [0.15, 0.2) is 0 Å². The number of nitrogens with two attached hydrogens (primary N) is 2. The number of nitrogens with zero attached hydrogens (tertiary/aromatic N) is 4. The van der Waals surface area contributed by atoms with E-state index >= 15 is 0 Å². The van der Waals surface area contributed by atoms with Crippen molar-refractivity contribution in [2.75, 3.05) is 11.5 Å². The van der Waals surface area contributed by atoms with Crippen molar-refractivity contribution in [2.24, 2.45) is 0 Å². The van der Waals surface area contributed by atoms with Gasteiger partial charge in [-0.15, -0.1) is 0 Å². The zero-order valence-electron chi connectivity index (χ0n) is 8.98. The third kappa shape index (κ3) is 1.30. The van der Waals surface area contributed by atoms with Crippen LogP contribution < -0.4 is 11.5 Å². The second kappa shape index (κ2) is 3.33. The molecule has 0 radical (unpaired) electrons. The van der Waals surface area contributed by atoms with Crippen molar-refractivity contribution in [2.45, 2.75) is 32.2 Å². The van der Waals surface area contributed by atoms with E-state index in [-0.39, 0.29) is 5.95 Å². The maximum absolute atomic E-state index is 5.80. The van der Waals surface area contributed by atoms with E-state index in [9.17, 15) is 0 Å². The molecular formula is C10H14N6. The van der Waals surface area contributed by atoms with Gasteiger partial charge >= 0.3 is 0 Å². The van der Waals surface area contributed by atoms with Gasteiger partial charge in [0.15, 0.2) is 17.0 Å². The van der Waals surface area contributed by atoms with E-state index in [0.717, 1.165) is 30.9 Å². The minimum absolute atomic E-state index is 0.219. The lowest BCUT2D eigenvalue weighted by atomic mass is 10.2. The lowest BCUT2D eigenvalue weighted by molar-refractivity contribution is 0.644. The van der Waals surface area contributed by atoms with Crippen LogP contribution >= 0.6 is 0 Å². The average molecular weight is 218 g/mol. The van der Waals surface area contributed by atoms with Crippen molar-refractivity contribution in [1.29, 1.82) is 0 Å². The minimum atomic E-state index is 0.219. The maximum atomic E-state index is 5.80. The van der Waals surface area contributed by atoms with Gasteiger partial charge in [-0.05, 0) is 12.8 Å². The Labute approximate surface area is 92.7 Å². The number of hydrogen-bond donors (Lipinski definition) is 2. The van der Waals surface area contributed by atoms with Gasteiger partial charge in [0, 0.05) is 13.0 Å². The Morgan fingerprint density at radius 1 is 1.00 bits per heavy atom. The molecule has 1 aliphatic heterocycles. The highest BCUT2D eigenvalue weighted by Crippen LogP contribution is 2.23. The summed E-state index contributed by atoms with van der Waals surface area (Å²) in [5.41, 5.74) is 12.9. The second-order valence-electron chi connectivity index (χ2n) is 4.13. The standard InChI is InChI=1S/C10H14N6/c11-8-7-9(15-10(12)14-8)16-5-3-1-2-4-6(16)13-7/h1-5H2,(H4,11,12,14,15). The largest absolute Gasteiger partial charge is 0.382 e. The zero-order valence-corrected chi connectivity index (χ0v) is 8.98. The Hall–Kier alpha value is -1.85. The number of aryl methyl sites for hydroxylation is 2. The molecule has 4 N–H and O–H groups in total. The quantitative estimate of drug-likeness (QED) is 0.679. The Morgan fingerprint density at radius 3 is 2.75 bits per heavy atom. The summed E-state index contributed by atoms with van der Waals surface area (Å²) in [6.07, 6.45) is 4.55. The highest BCUT2D eigenvalue weighted by molar-refractivity contribution is 5.83. The van der Waals surface area contributed by atoms with Crippen LogP contribution in [0.3, 0.4) is 0 Å². The van der Waals surface area contributed by atoms with E-state index < -0.39 is 0 Å². The van der Waals surface area contributed by atoms with Crippen LogP contribution in [0.4, 0.5) is 11.8 Å². The van der Waals surface area contributed by atoms with Crippen LogP contribution in [0.25, 0.3) is 11.2 Å². The molecule has 16 heavy (non-hydrogen) atoms. The molecule has 0 spiro atoms. The molecule has 3 heterocycles. The average Bonchev–Trinajstić information content (AvgIpc) is 2.46. The topological polar surface area (TPSA) is 95.6 Å². The molecule has 0 bridgehead atoms. The van der Waals surface area contributed by atoms with E-state index in [4.69, 9.17) is 11.5 Å². The Kier molecular flexibility index (Phi) is 1.95. The van der Waals surface area contributed by atoms with E-state index in [1.165, 1.54) is 12.8 Å². The molecule has 84 valence electrons. The molecule has 0 aliphatic carbocycles. The predicted octanol–water partition coefficient (Wildman–Crippen LogP) is 0.717. The fourth-order valence-electron chi connectivity index (χ4n) is 2.24. The van der Waals surface area contributed by atoms with Crippen LogP contribution in [0.5, 0.6) is 0 Å². The number of anilines is 2. The Morgan fingerprint density at radius 2 is 1.88 bits per heavy atom. The summed E-state index contributed by atoms with van der Waals surface area (Å²) < 4.78 is 2.12. The molecule has 3 rings (SSSR count). The molecule has 2 aromatic rings. The summed E-state index contributed by atoms with van der Waals surface area (Å²) in [6, 6.07) is 0. The summed E-state index contributed by atoms with van der Waals surface area (Å²) in [6.45, 7) is 0.946. The molecule has 2 aromatic heterocycles. The first-order chi connectivity index (χ1) is 7.75. The van der Waals surface area contributed by atoms with Crippen molar-refractivity contribution in [3.63, 3.8) is 0 Å². The molecule has 0 unspecified atom stereocenters. The van der Waals surface area contributed by atoms with Crippen molar-refractivity contribution in [1.82, 2.24) is 19.5 Å². The molecule has 0 saturated carbocycles. The van der Waals surface area contributed by atoms with Crippen molar-refractivity contribution in [3.8, 4) is 0 Å². The van der Waals surface area contributed by atoms with E-state index in [0.29, 0.717) is 11.3 Å². The number of nitrogen functional groups attached to an aromatic ring is 2. The van der Waals surface area contributed by atoms with Gasteiger partial charge in [-0.3, -0.25) is 0 Å². The lowest BCUT2D eigenvalue weighted by Crippen LogP contribution is -2.04. The zero-order chi connectivity index (χ0) is 11.1. The van der Waals surface area contributed by atoms with E-state index in [2.05, 4.69) is 19.5 Å². The van der Waals surface area contributed by atoms with Crippen LogP contribution in [-0.4, -0.2) is 19.5 Å². The van der Waals surface area contributed by atoms with Crippen LogP contribution in [0.2, 0.25) is 0 Å². The summed E-state index contributed by atoms with van der Waals surface area (Å²) in [5, 5.41) is 0. The first-order valence-corrected chi connectivity index (χ1v) is 5.54. The third-order valence-electron chi connectivity index (χ3n) is 3.00. The number of aromatic nitrogens is 4. The highest BCUT2D eigenvalue weighted by atomic mass is 15.2. The number of fused-ring (bicyclic) bond motifs is 3. The molecule has 0 aromatic carbocycles. The molecule has 1 aliphatic rings. The summed E-state index contributed by atoms with van der Waals surface area (Å²) in [5.74, 6) is 1.65. The Balaban J connectivity index is 2.29. The van der Waals surface area contributed by atoms with Gasteiger partial charge in [-0.25, -0.2) is 4.98 Å². The fraction of sp³-hybridized carbons (Fsp3) is 0.500. The Bertz CT molecular complexity index is 544. The van der Waals surface area contributed by atoms with Gasteiger partial charge in [-0.2, -0.15) is 9.97 Å². The molecule has 6 heteroatoms. The SMILES string of the molecule is Nc1nc(N)c2nc3n(c2n1)CCCCC3. The van der Waals surface area contributed by atoms with Gasteiger partial charge in [0.25, 0.3) is 0 Å². The molecule has 0 atom stereocenters. The van der Waals surface area contributed by atoms with Crippen LogP contribution in [0.1, 0.15) is 25.1 Å². The first kappa shape index (κ1) is 9.38. The highest BCUT2D eigenvalue weighted by Gasteiger charge is 2.17. The van der Waals surface area contributed by atoms with Crippen LogP contribution in [0, 0.1) is 0 Å². The summed E-state index contributed by atoms with van der Waals surface area (Å²) in [4.78, 5) is 12.7. The fourth-order valence-corrected chi connectivity index (χ4v) is 2.24. The van der Waals surface area contributed by atoms with Crippen LogP contribution in [-0.2, 0) is 13.0 Å². The van der Waals surface area contributed by atoms with Crippen molar-refractivity contribution < 1.29 is 0 Å². The molecule has 0 saturated heterocycles. The minimum Gasteiger partial charge on any atom is -0.382 e. The first-order valence-electron chi connectivity index (χ1n) is 5.54. The van der Waals surface area contributed by atoms with E-state index in [1.807, 2.05) is 0 Å².